The summed E-state index contributed by atoms with van der Waals surface area (Å²) in [5.41, 5.74) is 3.18. The van der Waals surface area contributed by atoms with Crippen molar-refractivity contribution in [3.05, 3.63) is 64.7 Å². The van der Waals surface area contributed by atoms with E-state index in [-0.39, 0.29) is 5.91 Å². The van der Waals surface area contributed by atoms with Crippen LogP contribution in [-0.4, -0.2) is 17.5 Å². The summed E-state index contributed by atoms with van der Waals surface area (Å²) in [5.74, 6) is -0.732. The molecular formula is C21H23NO3. The van der Waals surface area contributed by atoms with Gasteiger partial charge in [0.1, 0.15) is 0 Å². The van der Waals surface area contributed by atoms with Gasteiger partial charge in [-0.25, -0.2) is 4.79 Å². The summed E-state index contributed by atoms with van der Waals surface area (Å²) in [5, 5.41) is 3.03. The van der Waals surface area contributed by atoms with E-state index in [0.29, 0.717) is 12.0 Å². The summed E-state index contributed by atoms with van der Waals surface area (Å²) in [6.07, 6.45) is 2.02. The van der Waals surface area contributed by atoms with Gasteiger partial charge in [0.2, 0.25) is 0 Å². The molecule has 4 heteroatoms. The Kier molecular flexibility index (Phi) is 4.62. The van der Waals surface area contributed by atoms with Crippen LogP contribution in [0.4, 0.5) is 5.69 Å². The molecule has 1 aliphatic heterocycles. The molecule has 2 aromatic carbocycles. The lowest BCUT2D eigenvalue weighted by Crippen LogP contribution is -2.49. The zero-order chi connectivity index (χ0) is 18.0. The molecule has 130 valence electrons. The van der Waals surface area contributed by atoms with Crippen molar-refractivity contribution in [2.75, 3.05) is 5.32 Å². The summed E-state index contributed by atoms with van der Waals surface area (Å²) >= 11 is 0. The Balaban J connectivity index is 1.91. The number of cyclic esters (lactones) is 1. The molecule has 1 atom stereocenters. The first-order chi connectivity index (χ1) is 12.0. The lowest BCUT2D eigenvalue weighted by atomic mass is 9.89. The van der Waals surface area contributed by atoms with Gasteiger partial charge in [-0.05, 0) is 42.5 Å². The van der Waals surface area contributed by atoms with Crippen molar-refractivity contribution in [2.45, 2.75) is 45.6 Å². The highest BCUT2D eigenvalue weighted by Gasteiger charge is 2.42. The van der Waals surface area contributed by atoms with Crippen LogP contribution in [0.1, 0.15) is 47.8 Å². The highest BCUT2D eigenvalue weighted by atomic mass is 16.6. The fourth-order valence-corrected chi connectivity index (χ4v) is 3.31. The number of benzene rings is 2. The highest BCUT2D eigenvalue weighted by Crippen LogP contribution is 2.31. The Labute approximate surface area is 148 Å². The highest BCUT2D eigenvalue weighted by molar-refractivity contribution is 6.03. The first kappa shape index (κ1) is 17.2. The third kappa shape index (κ3) is 3.16. The Bertz CT molecular complexity index is 805. The average Bonchev–Trinajstić information content (AvgIpc) is 2.61. The van der Waals surface area contributed by atoms with E-state index in [9.17, 15) is 9.59 Å². The van der Waals surface area contributed by atoms with Gasteiger partial charge in [0, 0.05) is 12.1 Å². The van der Waals surface area contributed by atoms with Crippen LogP contribution in [0.15, 0.2) is 42.5 Å². The molecule has 0 bridgehead atoms. The zero-order valence-corrected chi connectivity index (χ0v) is 14.9. The number of ether oxygens (including phenoxy) is 1. The first-order valence-electron chi connectivity index (χ1n) is 8.72. The Hall–Kier alpha value is -2.62. The molecule has 1 amide bonds. The van der Waals surface area contributed by atoms with Gasteiger partial charge < -0.3 is 10.1 Å². The molecule has 1 N–H and O–H groups in total. The second-order valence-corrected chi connectivity index (χ2v) is 6.57. The predicted octanol–water partition coefficient (Wildman–Crippen LogP) is 3.92. The number of esters is 1. The molecule has 0 spiro atoms. The standard InChI is InChI=1S/C21H23NO3/c1-4-14-10-8-11-15(5-2)18(14)22-20(24)21(3)13-16-9-6-7-12-17(16)19(23)25-21/h6-12H,4-5,13H2,1-3H3,(H,22,24). The number of nitrogens with one attached hydrogen (secondary N) is 1. The number of fused-ring (bicyclic) bond motifs is 1. The Morgan fingerprint density at radius 3 is 2.36 bits per heavy atom. The van der Waals surface area contributed by atoms with Crippen LogP contribution >= 0.6 is 0 Å². The van der Waals surface area contributed by atoms with Crippen molar-refractivity contribution >= 4 is 17.6 Å². The topological polar surface area (TPSA) is 55.4 Å². The molecule has 0 aliphatic carbocycles. The molecule has 1 aliphatic rings. The molecule has 2 aromatic rings. The monoisotopic (exact) mass is 337 g/mol. The molecule has 0 saturated carbocycles. The molecular weight excluding hydrogens is 314 g/mol. The van der Waals surface area contributed by atoms with E-state index < -0.39 is 11.6 Å². The second-order valence-electron chi connectivity index (χ2n) is 6.57. The first-order valence-corrected chi connectivity index (χ1v) is 8.72. The van der Waals surface area contributed by atoms with E-state index in [1.807, 2.05) is 30.3 Å². The number of aryl methyl sites for hydroxylation is 2. The van der Waals surface area contributed by atoms with Gasteiger partial charge in [0.05, 0.1) is 5.56 Å². The Morgan fingerprint density at radius 2 is 1.72 bits per heavy atom. The third-order valence-corrected chi connectivity index (χ3v) is 4.80. The van der Waals surface area contributed by atoms with E-state index in [1.165, 1.54) is 0 Å². The minimum Gasteiger partial charge on any atom is -0.445 e. The molecule has 0 aromatic heterocycles. The maximum atomic E-state index is 13.0. The van der Waals surface area contributed by atoms with E-state index in [2.05, 4.69) is 19.2 Å². The van der Waals surface area contributed by atoms with Gasteiger partial charge in [-0.1, -0.05) is 50.2 Å². The van der Waals surface area contributed by atoms with Crippen LogP contribution < -0.4 is 5.32 Å². The number of rotatable bonds is 4. The molecule has 3 rings (SSSR count). The van der Waals surface area contributed by atoms with E-state index in [0.717, 1.165) is 35.2 Å². The predicted molar refractivity (Wildman–Crippen MR) is 97.8 cm³/mol. The van der Waals surface area contributed by atoms with Crippen molar-refractivity contribution in [2.24, 2.45) is 0 Å². The van der Waals surface area contributed by atoms with Gasteiger partial charge in [-0.15, -0.1) is 0 Å². The quantitative estimate of drug-likeness (QED) is 0.860. The maximum Gasteiger partial charge on any atom is 0.339 e. The summed E-state index contributed by atoms with van der Waals surface area (Å²) in [4.78, 5) is 25.3. The minimum absolute atomic E-state index is 0.286. The average molecular weight is 337 g/mol. The van der Waals surface area contributed by atoms with Gasteiger partial charge >= 0.3 is 5.97 Å². The number of para-hydroxylation sites is 1. The molecule has 1 heterocycles. The van der Waals surface area contributed by atoms with E-state index >= 15 is 0 Å². The van der Waals surface area contributed by atoms with Crippen molar-refractivity contribution in [1.82, 2.24) is 0 Å². The van der Waals surface area contributed by atoms with Crippen LogP contribution in [0, 0.1) is 0 Å². The summed E-state index contributed by atoms with van der Waals surface area (Å²) in [6, 6.07) is 13.3. The van der Waals surface area contributed by atoms with Gasteiger partial charge in [-0.2, -0.15) is 0 Å². The second kappa shape index (κ2) is 6.71. The van der Waals surface area contributed by atoms with Gasteiger partial charge in [0.25, 0.3) is 5.91 Å². The largest absolute Gasteiger partial charge is 0.445 e. The molecule has 0 radical (unpaired) electrons. The number of hydrogen-bond acceptors (Lipinski definition) is 3. The van der Waals surface area contributed by atoms with Gasteiger partial charge in [0.15, 0.2) is 5.60 Å². The summed E-state index contributed by atoms with van der Waals surface area (Å²) in [6.45, 7) is 5.79. The van der Waals surface area contributed by atoms with Crippen LogP contribution in [0.25, 0.3) is 0 Å². The van der Waals surface area contributed by atoms with Crippen molar-refractivity contribution in [3.63, 3.8) is 0 Å². The van der Waals surface area contributed by atoms with Crippen molar-refractivity contribution < 1.29 is 14.3 Å². The van der Waals surface area contributed by atoms with Crippen LogP contribution in [-0.2, 0) is 28.8 Å². The molecule has 1 unspecified atom stereocenters. The molecule has 0 fully saturated rings. The van der Waals surface area contributed by atoms with Crippen LogP contribution in [0.5, 0.6) is 0 Å². The molecule has 25 heavy (non-hydrogen) atoms. The van der Waals surface area contributed by atoms with Crippen LogP contribution in [0.2, 0.25) is 0 Å². The van der Waals surface area contributed by atoms with Crippen molar-refractivity contribution in [1.29, 1.82) is 0 Å². The number of carbonyl (C=O) groups is 2. The van der Waals surface area contributed by atoms with E-state index in [1.54, 1.807) is 19.1 Å². The normalized spacial score (nSPS) is 19.1. The summed E-state index contributed by atoms with van der Waals surface area (Å²) in [7, 11) is 0. The van der Waals surface area contributed by atoms with E-state index in [4.69, 9.17) is 4.74 Å². The fourth-order valence-electron chi connectivity index (χ4n) is 3.31. The SMILES string of the molecule is CCc1cccc(CC)c1NC(=O)C1(C)Cc2ccccc2C(=O)O1. The van der Waals surface area contributed by atoms with Crippen molar-refractivity contribution in [3.8, 4) is 0 Å². The molecule has 0 saturated heterocycles. The third-order valence-electron chi connectivity index (χ3n) is 4.80. The smallest absolute Gasteiger partial charge is 0.339 e. The fraction of sp³-hybridized carbons (Fsp3) is 0.333. The Morgan fingerprint density at radius 1 is 1.08 bits per heavy atom. The molecule has 4 nitrogen and oxygen atoms in total. The lowest BCUT2D eigenvalue weighted by molar-refractivity contribution is -0.134. The number of hydrogen-bond donors (Lipinski definition) is 1. The number of carbonyl (C=O) groups excluding carboxylic acids is 2. The zero-order valence-electron chi connectivity index (χ0n) is 14.9. The van der Waals surface area contributed by atoms with Crippen LogP contribution in [0.3, 0.4) is 0 Å². The summed E-state index contributed by atoms with van der Waals surface area (Å²) < 4.78 is 5.53. The minimum atomic E-state index is -1.21. The number of anilines is 1. The number of amides is 1. The van der Waals surface area contributed by atoms with Gasteiger partial charge in [-0.3, -0.25) is 4.79 Å². The maximum absolute atomic E-state index is 13.0. The lowest BCUT2D eigenvalue weighted by Gasteiger charge is -2.33.